The lowest BCUT2D eigenvalue weighted by Crippen LogP contribution is -2.42. The summed E-state index contributed by atoms with van der Waals surface area (Å²) in [4.78, 5) is 36.1. The number of aliphatic carboxylic acids is 1. The quantitative estimate of drug-likeness (QED) is 0.366. The van der Waals surface area contributed by atoms with Crippen LogP contribution in [-0.4, -0.2) is 51.8 Å². The number of hydrogen-bond acceptors (Lipinski definition) is 4. The molecule has 0 aromatic carbocycles. The molecule has 1 heterocycles. The van der Waals surface area contributed by atoms with Gasteiger partial charge in [-0.2, -0.15) is 0 Å². The fraction of sp³-hybridized carbons (Fsp3) is 0.632. The number of piperidine rings is 1. The Bertz CT molecular complexity index is 547. The van der Waals surface area contributed by atoms with Gasteiger partial charge in [-0.25, -0.2) is 0 Å². The summed E-state index contributed by atoms with van der Waals surface area (Å²) >= 11 is 1.24. The molecule has 0 spiro atoms. The highest BCUT2D eigenvalue weighted by atomic mass is 32.2. The first kappa shape index (κ1) is 21.3. The number of carbonyl (C=O) groups excluding carboxylic acids is 2. The molecule has 1 rings (SSSR count). The van der Waals surface area contributed by atoms with Gasteiger partial charge in [0.15, 0.2) is 5.78 Å². The second-order valence-electron chi connectivity index (χ2n) is 6.00. The Morgan fingerprint density at radius 3 is 2.88 bits per heavy atom. The minimum absolute atomic E-state index is 0.0306. The third-order valence-corrected chi connectivity index (χ3v) is 4.72. The Morgan fingerprint density at radius 2 is 2.16 bits per heavy atom. The zero-order chi connectivity index (χ0) is 18.5. The van der Waals surface area contributed by atoms with E-state index in [-0.39, 0.29) is 23.5 Å². The molecule has 25 heavy (non-hydrogen) atoms. The first-order chi connectivity index (χ1) is 12.0. The summed E-state index contributed by atoms with van der Waals surface area (Å²) in [6, 6.07) is -0.0719. The number of allylic oxidation sites excluding steroid dienone is 1. The van der Waals surface area contributed by atoms with E-state index in [1.807, 2.05) is 6.08 Å². The Labute approximate surface area is 154 Å². The maximum absolute atomic E-state index is 12.1. The number of thioether (sulfide) groups is 1. The van der Waals surface area contributed by atoms with Crippen LogP contribution >= 0.6 is 11.8 Å². The molecular weight excluding hydrogens is 338 g/mol. The predicted molar refractivity (Wildman–Crippen MR) is 100 cm³/mol. The first-order valence-corrected chi connectivity index (χ1v) is 9.95. The molecule has 0 aromatic heterocycles. The lowest BCUT2D eigenvalue weighted by molar-refractivity contribution is -0.135. The van der Waals surface area contributed by atoms with Gasteiger partial charge in [0, 0.05) is 12.8 Å². The highest BCUT2D eigenvalue weighted by Gasteiger charge is 2.25. The molecule has 0 radical (unpaired) electrons. The van der Waals surface area contributed by atoms with Gasteiger partial charge in [-0.05, 0) is 25.3 Å². The van der Waals surface area contributed by atoms with Crippen molar-refractivity contribution in [3.63, 3.8) is 0 Å². The van der Waals surface area contributed by atoms with Crippen molar-refractivity contribution in [3.8, 4) is 11.8 Å². The number of hydrogen-bond donors (Lipinski definition) is 1. The van der Waals surface area contributed by atoms with E-state index in [2.05, 4.69) is 18.8 Å². The molecule has 1 aliphatic rings. The largest absolute Gasteiger partial charge is 0.481 e. The van der Waals surface area contributed by atoms with Gasteiger partial charge in [0.25, 0.3) is 0 Å². The molecular formula is C19H27NO4S. The van der Waals surface area contributed by atoms with Crippen LogP contribution in [0.5, 0.6) is 0 Å². The highest BCUT2D eigenvalue weighted by molar-refractivity contribution is 8.00. The van der Waals surface area contributed by atoms with E-state index in [1.165, 1.54) is 11.8 Å². The van der Waals surface area contributed by atoms with Crippen molar-refractivity contribution in [2.45, 2.75) is 57.9 Å². The SMILES string of the molecule is CCCCCC(=O)/C=C/[C@H]1CCCC(=O)N1CC#CCSCC(=O)O. The van der Waals surface area contributed by atoms with E-state index >= 15 is 0 Å². The molecule has 138 valence electrons. The summed E-state index contributed by atoms with van der Waals surface area (Å²) in [5, 5.41) is 8.56. The minimum Gasteiger partial charge on any atom is -0.481 e. The summed E-state index contributed by atoms with van der Waals surface area (Å²) < 4.78 is 0. The van der Waals surface area contributed by atoms with Gasteiger partial charge in [-0.3, -0.25) is 14.4 Å². The topological polar surface area (TPSA) is 74.7 Å². The number of amides is 1. The van der Waals surface area contributed by atoms with Crippen molar-refractivity contribution < 1.29 is 19.5 Å². The van der Waals surface area contributed by atoms with Crippen LogP contribution in [-0.2, 0) is 14.4 Å². The molecule has 1 saturated heterocycles. The molecule has 0 saturated carbocycles. The number of carboxylic acids is 1. The van der Waals surface area contributed by atoms with E-state index in [4.69, 9.17) is 5.11 Å². The molecule has 0 unspecified atom stereocenters. The van der Waals surface area contributed by atoms with E-state index in [0.29, 0.717) is 25.1 Å². The average molecular weight is 365 g/mol. The monoisotopic (exact) mass is 365 g/mol. The third kappa shape index (κ3) is 9.35. The summed E-state index contributed by atoms with van der Waals surface area (Å²) in [5.74, 6) is 5.62. The normalized spacial score (nSPS) is 17.4. The Kier molecular flexibility index (Phi) is 10.7. The second-order valence-corrected chi connectivity index (χ2v) is 6.99. The highest BCUT2D eigenvalue weighted by Crippen LogP contribution is 2.19. The summed E-state index contributed by atoms with van der Waals surface area (Å²) in [5.41, 5.74) is 0. The molecule has 1 N–H and O–H groups in total. The number of carboxylic acid groups (broad SMARTS) is 1. The van der Waals surface area contributed by atoms with Gasteiger partial charge >= 0.3 is 5.97 Å². The first-order valence-electron chi connectivity index (χ1n) is 8.80. The summed E-state index contributed by atoms with van der Waals surface area (Å²) in [6.45, 7) is 2.43. The molecule has 1 atom stereocenters. The molecule has 1 fully saturated rings. The number of nitrogens with zero attached hydrogens (tertiary/aromatic N) is 1. The minimum atomic E-state index is -0.855. The van der Waals surface area contributed by atoms with Crippen LogP contribution in [0.15, 0.2) is 12.2 Å². The van der Waals surface area contributed by atoms with Crippen LogP contribution in [0.1, 0.15) is 51.9 Å². The number of likely N-dealkylation sites (tertiary alicyclic amines) is 1. The zero-order valence-corrected chi connectivity index (χ0v) is 15.6. The van der Waals surface area contributed by atoms with Crippen LogP contribution in [0.4, 0.5) is 0 Å². The summed E-state index contributed by atoms with van der Waals surface area (Å²) in [7, 11) is 0. The molecule has 1 aliphatic heterocycles. The molecule has 5 nitrogen and oxygen atoms in total. The van der Waals surface area contributed by atoms with Crippen molar-refractivity contribution >= 4 is 29.4 Å². The van der Waals surface area contributed by atoms with Crippen molar-refractivity contribution in [1.29, 1.82) is 0 Å². The van der Waals surface area contributed by atoms with E-state index < -0.39 is 5.97 Å². The Hall–Kier alpha value is -1.74. The van der Waals surface area contributed by atoms with E-state index in [1.54, 1.807) is 11.0 Å². The maximum Gasteiger partial charge on any atom is 0.313 e. The number of rotatable bonds is 10. The molecule has 0 bridgehead atoms. The van der Waals surface area contributed by atoms with Gasteiger partial charge < -0.3 is 10.0 Å². The van der Waals surface area contributed by atoms with Crippen LogP contribution in [0.25, 0.3) is 0 Å². The lowest BCUT2D eigenvalue weighted by Gasteiger charge is -2.32. The smallest absolute Gasteiger partial charge is 0.313 e. The van der Waals surface area contributed by atoms with Crippen LogP contribution < -0.4 is 0 Å². The maximum atomic E-state index is 12.1. The molecule has 1 amide bonds. The standard InChI is InChI=1S/C19H27NO4S/c1-2-3-4-9-17(21)12-11-16-8-7-10-18(22)20(16)13-5-6-14-25-15-19(23)24/h11-12,16H,2-4,7-10,13-15H2,1H3,(H,23,24)/b12-11+/t16-/m1/s1. The average Bonchev–Trinajstić information content (AvgIpc) is 2.57. The number of carbonyl (C=O) groups is 3. The van der Waals surface area contributed by atoms with Gasteiger partial charge in [-0.15, -0.1) is 11.8 Å². The van der Waals surface area contributed by atoms with Crippen molar-refractivity contribution in [1.82, 2.24) is 4.90 Å². The number of unbranched alkanes of at least 4 members (excludes halogenated alkanes) is 2. The zero-order valence-electron chi connectivity index (χ0n) is 14.8. The number of ketones is 1. The van der Waals surface area contributed by atoms with Gasteiger partial charge in [0.05, 0.1) is 24.1 Å². The van der Waals surface area contributed by atoms with Crippen LogP contribution in [0.2, 0.25) is 0 Å². The van der Waals surface area contributed by atoms with Gasteiger partial charge in [0.2, 0.25) is 5.91 Å². The second kappa shape index (κ2) is 12.6. The molecule has 0 aliphatic carbocycles. The van der Waals surface area contributed by atoms with Gasteiger partial charge in [0.1, 0.15) is 0 Å². The fourth-order valence-corrected chi connectivity index (χ4v) is 3.07. The van der Waals surface area contributed by atoms with Crippen LogP contribution in [0.3, 0.4) is 0 Å². The van der Waals surface area contributed by atoms with Crippen molar-refractivity contribution in [3.05, 3.63) is 12.2 Å². The van der Waals surface area contributed by atoms with E-state index in [9.17, 15) is 14.4 Å². The fourth-order valence-electron chi connectivity index (χ4n) is 2.58. The predicted octanol–water partition coefficient (Wildman–Crippen LogP) is 2.89. The Morgan fingerprint density at radius 1 is 1.36 bits per heavy atom. The van der Waals surface area contributed by atoms with Crippen molar-refractivity contribution in [2.75, 3.05) is 18.1 Å². The molecule has 0 aromatic rings. The van der Waals surface area contributed by atoms with Crippen LogP contribution in [0, 0.1) is 11.8 Å². The third-order valence-electron chi connectivity index (χ3n) is 3.92. The molecule has 6 heteroatoms. The Balaban J connectivity index is 2.50. The van der Waals surface area contributed by atoms with Gasteiger partial charge in [-0.1, -0.05) is 37.7 Å². The van der Waals surface area contributed by atoms with E-state index in [0.717, 1.165) is 32.1 Å². The van der Waals surface area contributed by atoms with Crippen molar-refractivity contribution in [2.24, 2.45) is 0 Å². The lowest BCUT2D eigenvalue weighted by atomic mass is 10.00. The summed E-state index contributed by atoms with van der Waals surface area (Å²) in [6.07, 6.45) is 9.27.